The molecule has 26 heavy (non-hydrogen) atoms. The number of rotatable bonds is 3. The van der Waals surface area contributed by atoms with Crippen LogP contribution in [-0.4, -0.2) is 45.8 Å². The van der Waals surface area contributed by atoms with Gasteiger partial charge in [-0.2, -0.15) is 0 Å². The highest BCUT2D eigenvalue weighted by Crippen LogP contribution is 2.27. The maximum absolute atomic E-state index is 4.74. The summed E-state index contributed by atoms with van der Waals surface area (Å²) in [4.78, 5) is 14.6. The number of anilines is 2. The summed E-state index contributed by atoms with van der Waals surface area (Å²) < 4.78 is 1.88. The Morgan fingerprint density at radius 2 is 1.69 bits per heavy atom. The van der Waals surface area contributed by atoms with Gasteiger partial charge in [0.2, 0.25) is 10.1 Å². The fourth-order valence-electron chi connectivity index (χ4n) is 3.27. The van der Waals surface area contributed by atoms with Crippen molar-refractivity contribution in [3.63, 3.8) is 0 Å². The Hall–Kier alpha value is -2.93. The number of imidazole rings is 1. The van der Waals surface area contributed by atoms with Crippen molar-refractivity contribution in [2.75, 3.05) is 36.0 Å². The first kappa shape index (κ1) is 15.3. The Bertz CT molecular complexity index is 971. The van der Waals surface area contributed by atoms with Crippen LogP contribution in [0.25, 0.3) is 16.2 Å². The van der Waals surface area contributed by atoms with Crippen LogP contribution in [0.15, 0.2) is 61.1 Å². The van der Waals surface area contributed by atoms with Crippen LogP contribution in [0.5, 0.6) is 0 Å². The van der Waals surface area contributed by atoms with Crippen molar-refractivity contribution in [2.24, 2.45) is 0 Å². The van der Waals surface area contributed by atoms with Crippen molar-refractivity contribution in [2.45, 2.75) is 0 Å². The second-order valence-corrected chi connectivity index (χ2v) is 7.22. The quantitative estimate of drug-likeness (QED) is 0.560. The molecule has 4 heterocycles. The van der Waals surface area contributed by atoms with E-state index in [1.807, 2.05) is 29.0 Å². The number of benzene rings is 1. The molecule has 1 aromatic carbocycles. The van der Waals surface area contributed by atoms with Gasteiger partial charge in [0, 0.05) is 49.8 Å². The van der Waals surface area contributed by atoms with Gasteiger partial charge in [0.25, 0.3) is 0 Å². The SMILES string of the molecule is c1ccc(N2CCN(c3nn4cc(-c5cccnc5)nc4s3)CC2)cc1. The Balaban J connectivity index is 1.32. The van der Waals surface area contributed by atoms with Crippen LogP contribution in [-0.2, 0) is 0 Å². The molecule has 0 saturated carbocycles. The molecule has 130 valence electrons. The van der Waals surface area contributed by atoms with E-state index in [4.69, 9.17) is 10.1 Å². The molecule has 0 radical (unpaired) electrons. The molecule has 5 rings (SSSR count). The van der Waals surface area contributed by atoms with Crippen LogP contribution in [0.2, 0.25) is 0 Å². The molecule has 0 unspecified atom stereocenters. The molecule has 1 saturated heterocycles. The van der Waals surface area contributed by atoms with Crippen LogP contribution >= 0.6 is 11.3 Å². The van der Waals surface area contributed by atoms with Gasteiger partial charge in [0.05, 0.1) is 11.9 Å². The third-order valence-corrected chi connectivity index (χ3v) is 5.64. The molecule has 0 spiro atoms. The first-order valence-corrected chi connectivity index (χ1v) is 9.50. The number of para-hydroxylation sites is 1. The van der Waals surface area contributed by atoms with E-state index >= 15 is 0 Å². The van der Waals surface area contributed by atoms with Gasteiger partial charge in [-0.25, -0.2) is 9.50 Å². The zero-order chi connectivity index (χ0) is 17.3. The predicted octanol–water partition coefficient (Wildman–Crippen LogP) is 3.18. The molecule has 1 fully saturated rings. The number of pyridine rings is 1. The Morgan fingerprint density at radius 1 is 0.885 bits per heavy atom. The van der Waals surface area contributed by atoms with E-state index in [0.29, 0.717) is 0 Å². The molecule has 1 aliphatic heterocycles. The Labute approximate surface area is 155 Å². The molecule has 0 amide bonds. The average Bonchev–Trinajstić information content (AvgIpc) is 3.29. The molecule has 0 bridgehead atoms. The molecular formula is C19H18N6S. The lowest BCUT2D eigenvalue weighted by molar-refractivity contribution is 0.648. The van der Waals surface area contributed by atoms with Crippen molar-refractivity contribution >= 4 is 27.1 Å². The maximum Gasteiger partial charge on any atom is 0.214 e. The molecule has 4 aromatic rings. The summed E-state index contributed by atoms with van der Waals surface area (Å²) in [5.41, 5.74) is 3.22. The molecule has 1 aliphatic rings. The summed E-state index contributed by atoms with van der Waals surface area (Å²) in [5.74, 6) is 0. The van der Waals surface area contributed by atoms with E-state index in [1.165, 1.54) is 5.69 Å². The summed E-state index contributed by atoms with van der Waals surface area (Å²) in [6, 6.07) is 14.5. The average molecular weight is 362 g/mol. The molecule has 0 aliphatic carbocycles. The zero-order valence-corrected chi connectivity index (χ0v) is 15.0. The fourth-order valence-corrected chi connectivity index (χ4v) is 4.20. The Kier molecular flexibility index (Phi) is 3.79. The van der Waals surface area contributed by atoms with E-state index < -0.39 is 0 Å². The second-order valence-electron chi connectivity index (χ2n) is 6.29. The normalized spacial score (nSPS) is 14.9. The summed E-state index contributed by atoms with van der Waals surface area (Å²) in [7, 11) is 0. The summed E-state index contributed by atoms with van der Waals surface area (Å²) in [6.45, 7) is 3.96. The second kappa shape index (κ2) is 6.42. The number of piperazine rings is 1. The molecule has 6 nitrogen and oxygen atoms in total. The summed E-state index contributed by atoms with van der Waals surface area (Å²) in [6.07, 6.45) is 5.58. The van der Waals surface area contributed by atoms with Crippen LogP contribution in [0.3, 0.4) is 0 Å². The third kappa shape index (κ3) is 2.80. The van der Waals surface area contributed by atoms with Crippen molar-refractivity contribution in [3.8, 4) is 11.3 Å². The number of nitrogens with zero attached hydrogens (tertiary/aromatic N) is 6. The van der Waals surface area contributed by atoms with E-state index in [-0.39, 0.29) is 0 Å². The first-order chi connectivity index (χ1) is 12.9. The molecule has 0 N–H and O–H groups in total. The summed E-state index contributed by atoms with van der Waals surface area (Å²) in [5, 5.41) is 5.78. The molecule has 7 heteroatoms. The van der Waals surface area contributed by atoms with Crippen molar-refractivity contribution in [1.29, 1.82) is 0 Å². The van der Waals surface area contributed by atoms with Crippen LogP contribution < -0.4 is 9.80 Å². The van der Waals surface area contributed by atoms with Crippen molar-refractivity contribution < 1.29 is 0 Å². The van der Waals surface area contributed by atoms with Crippen LogP contribution in [0.4, 0.5) is 10.8 Å². The third-order valence-electron chi connectivity index (χ3n) is 4.66. The van der Waals surface area contributed by atoms with Gasteiger partial charge < -0.3 is 9.80 Å². The largest absolute Gasteiger partial charge is 0.368 e. The number of aromatic nitrogens is 4. The lowest BCUT2D eigenvalue weighted by Crippen LogP contribution is -2.46. The van der Waals surface area contributed by atoms with Gasteiger partial charge >= 0.3 is 0 Å². The minimum atomic E-state index is 0.914. The van der Waals surface area contributed by atoms with Crippen molar-refractivity contribution in [3.05, 3.63) is 61.1 Å². The van der Waals surface area contributed by atoms with E-state index in [9.17, 15) is 0 Å². The number of hydrogen-bond acceptors (Lipinski definition) is 6. The fraction of sp³-hybridized carbons (Fsp3) is 0.211. The van der Waals surface area contributed by atoms with E-state index in [1.54, 1.807) is 17.5 Å². The van der Waals surface area contributed by atoms with Gasteiger partial charge in [0.15, 0.2) is 0 Å². The van der Waals surface area contributed by atoms with Gasteiger partial charge in [0.1, 0.15) is 0 Å². The summed E-state index contributed by atoms with van der Waals surface area (Å²) >= 11 is 1.64. The highest BCUT2D eigenvalue weighted by atomic mass is 32.1. The lowest BCUT2D eigenvalue weighted by atomic mass is 10.2. The minimum absolute atomic E-state index is 0.914. The molecule has 3 aromatic heterocycles. The molecular weight excluding hydrogens is 344 g/mol. The van der Waals surface area contributed by atoms with Gasteiger partial charge in [-0.3, -0.25) is 4.98 Å². The van der Waals surface area contributed by atoms with E-state index in [2.05, 4.69) is 45.1 Å². The van der Waals surface area contributed by atoms with Crippen molar-refractivity contribution in [1.82, 2.24) is 19.6 Å². The highest BCUT2D eigenvalue weighted by molar-refractivity contribution is 7.20. The topological polar surface area (TPSA) is 49.6 Å². The van der Waals surface area contributed by atoms with Gasteiger partial charge in [-0.1, -0.05) is 29.5 Å². The Morgan fingerprint density at radius 3 is 2.42 bits per heavy atom. The van der Waals surface area contributed by atoms with Crippen LogP contribution in [0.1, 0.15) is 0 Å². The standard InChI is InChI=1S/C19H18N6S/c1-2-6-16(7-3-1)23-9-11-24(12-10-23)19-22-25-14-17(21-18(25)26-19)15-5-4-8-20-13-15/h1-8,13-14H,9-12H2. The first-order valence-electron chi connectivity index (χ1n) is 8.68. The predicted molar refractivity (Wildman–Crippen MR) is 105 cm³/mol. The van der Waals surface area contributed by atoms with Gasteiger partial charge in [-0.15, -0.1) is 5.10 Å². The van der Waals surface area contributed by atoms with Gasteiger partial charge in [-0.05, 0) is 24.3 Å². The zero-order valence-electron chi connectivity index (χ0n) is 14.2. The maximum atomic E-state index is 4.74. The smallest absolute Gasteiger partial charge is 0.214 e. The highest BCUT2D eigenvalue weighted by Gasteiger charge is 2.21. The lowest BCUT2D eigenvalue weighted by Gasteiger charge is -2.35. The van der Waals surface area contributed by atoms with Crippen LogP contribution in [0, 0.1) is 0 Å². The monoisotopic (exact) mass is 362 g/mol. The number of hydrogen-bond donors (Lipinski definition) is 0. The molecule has 0 atom stereocenters. The minimum Gasteiger partial charge on any atom is -0.368 e. The van der Waals surface area contributed by atoms with E-state index in [0.717, 1.165) is 47.5 Å². The number of fused-ring (bicyclic) bond motifs is 1.